The van der Waals surface area contributed by atoms with Crippen molar-refractivity contribution in [2.75, 3.05) is 7.11 Å². The predicted molar refractivity (Wildman–Crippen MR) is 54.1 cm³/mol. The van der Waals surface area contributed by atoms with Gasteiger partial charge in [0.05, 0.1) is 12.6 Å². The van der Waals surface area contributed by atoms with Gasteiger partial charge in [-0.2, -0.15) is 0 Å². The normalized spacial score (nSPS) is 8.71. The number of halogens is 1. The molecule has 14 heavy (non-hydrogen) atoms. The molecule has 0 saturated carbocycles. The van der Waals surface area contributed by atoms with Crippen LogP contribution in [0.1, 0.15) is 13.8 Å². The first kappa shape index (κ1) is 12.9. The Morgan fingerprint density at radius 1 is 1.29 bits per heavy atom. The maximum Gasteiger partial charge on any atom is 0.495 e. The summed E-state index contributed by atoms with van der Waals surface area (Å²) >= 11 is 0. The number of rotatable bonds is 2. The van der Waals surface area contributed by atoms with Crippen molar-refractivity contribution in [2.24, 2.45) is 0 Å². The number of hydrogen-bond acceptors (Lipinski definition) is 3. The minimum absolute atomic E-state index is 0.130. The largest absolute Gasteiger partial charge is 0.497 e. The molecule has 0 aromatic heterocycles. The lowest BCUT2D eigenvalue weighted by Crippen LogP contribution is -2.33. The molecule has 0 spiro atoms. The summed E-state index contributed by atoms with van der Waals surface area (Å²) in [6.07, 6.45) is 0. The van der Waals surface area contributed by atoms with Crippen LogP contribution in [0.25, 0.3) is 0 Å². The molecule has 0 unspecified atom stereocenters. The van der Waals surface area contributed by atoms with Crippen LogP contribution in [-0.4, -0.2) is 24.3 Å². The van der Waals surface area contributed by atoms with E-state index in [9.17, 15) is 4.39 Å². The number of methoxy groups -OCH3 is 1. The lowest BCUT2D eigenvalue weighted by molar-refractivity contribution is 0.399. The molecular weight excluding hydrogens is 186 g/mol. The molecule has 0 saturated heterocycles. The lowest BCUT2D eigenvalue weighted by atomic mass is 9.79. The van der Waals surface area contributed by atoms with Crippen LogP contribution in [0.5, 0.6) is 5.75 Å². The zero-order chi connectivity index (χ0) is 11.1. The molecule has 5 heteroatoms. The summed E-state index contributed by atoms with van der Waals surface area (Å²) < 4.78 is 17.6. The van der Waals surface area contributed by atoms with Gasteiger partial charge in [0.25, 0.3) is 0 Å². The molecule has 3 nitrogen and oxygen atoms in total. The van der Waals surface area contributed by atoms with Crippen LogP contribution in [0.3, 0.4) is 0 Å². The monoisotopic (exact) mass is 200 g/mol. The van der Waals surface area contributed by atoms with Gasteiger partial charge >= 0.3 is 7.12 Å². The molecular formula is C9H14BFO3. The summed E-state index contributed by atoms with van der Waals surface area (Å²) in [4.78, 5) is 0. The van der Waals surface area contributed by atoms with E-state index in [0.717, 1.165) is 6.07 Å². The summed E-state index contributed by atoms with van der Waals surface area (Å²) in [5.74, 6) is -0.561. The van der Waals surface area contributed by atoms with Crippen molar-refractivity contribution < 1.29 is 19.2 Å². The average molecular weight is 200 g/mol. The van der Waals surface area contributed by atoms with E-state index in [0.29, 0.717) is 0 Å². The van der Waals surface area contributed by atoms with E-state index in [-0.39, 0.29) is 11.2 Å². The van der Waals surface area contributed by atoms with Gasteiger partial charge in [0, 0.05) is 0 Å². The molecule has 0 aliphatic heterocycles. The van der Waals surface area contributed by atoms with Gasteiger partial charge in [0.2, 0.25) is 0 Å². The maximum atomic E-state index is 12.9. The Balaban J connectivity index is 0.000000791. The fourth-order valence-corrected chi connectivity index (χ4v) is 0.946. The third-order valence-electron chi connectivity index (χ3n) is 1.49. The molecule has 1 rings (SSSR count). The van der Waals surface area contributed by atoms with Gasteiger partial charge in [-0.3, -0.25) is 0 Å². The highest BCUT2D eigenvalue weighted by Gasteiger charge is 2.21. The van der Waals surface area contributed by atoms with Gasteiger partial charge in [-0.15, -0.1) is 0 Å². The standard InChI is InChI=1S/C7H8BFO3.C2H6/c1-12-6-4-2-3-5(9)7(6)8(10)11;1-2/h2-4,10-11H,1H3;1-2H3. The first-order valence-corrected chi connectivity index (χ1v) is 4.35. The molecule has 0 atom stereocenters. The molecule has 2 N–H and O–H groups in total. The Kier molecular flexibility index (Phi) is 5.91. The number of ether oxygens (including phenoxy) is 1. The number of benzene rings is 1. The summed E-state index contributed by atoms with van der Waals surface area (Å²) in [5, 5.41) is 17.5. The van der Waals surface area contributed by atoms with E-state index in [1.54, 1.807) is 0 Å². The van der Waals surface area contributed by atoms with E-state index in [4.69, 9.17) is 14.8 Å². The van der Waals surface area contributed by atoms with Crippen LogP contribution in [0, 0.1) is 5.82 Å². The summed E-state index contributed by atoms with van der Waals surface area (Å²) in [7, 11) is -0.512. The maximum absolute atomic E-state index is 12.9. The quantitative estimate of drug-likeness (QED) is 0.685. The molecule has 0 fully saturated rings. The smallest absolute Gasteiger partial charge is 0.495 e. The molecule has 0 bridgehead atoms. The first-order chi connectivity index (χ1) is 6.66. The molecule has 1 aromatic carbocycles. The van der Waals surface area contributed by atoms with Crippen molar-refractivity contribution in [3.63, 3.8) is 0 Å². The van der Waals surface area contributed by atoms with Gasteiger partial charge in [0.1, 0.15) is 11.6 Å². The lowest BCUT2D eigenvalue weighted by Gasteiger charge is -2.07. The second kappa shape index (κ2) is 6.40. The van der Waals surface area contributed by atoms with Crippen LogP contribution >= 0.6 is 0 Å². The SMILES string of the molecule is CC.COc1cccc(F)c1B(O)O. The van der Waals surface area contributed by atoms with E-state index in [1.807, 2.05) is 13.8 Å². The van der Waals surface area contributed by atoms with Crippen molar-refractivity contribution in [3.8, 4) is 5.75 Å². The van der Waals surface area contributed by atoms with E-state index < -0.39 is 12.9 Å². The molecule has 1 aromatic rings. The molecule has 0 radical (unpaired) electrons. The Morgan fingerprint density at radius 2 is 1.86 bits per heavy atom. The highest BCUT2D eigenvalue weighted by Crippen LogP contribution is 2.08. The highest BCUT2D eigenvalue weighted by molar-refractivity contribution is 6.59. The Bertz CT molecular complexity index is 279. The van der Waals surface area contributed by atoms with Crippen LogP contribution < -0.4 is 10.2 Å². The zero-order valence-corrected chi connectivity index (χ0v) is 8.49. The molecule has 78 valence electrons. The summed E-state index contributed by atoms with van der Waals surface area (Å²) in [5.41, 5.74) is -0.236. The minimum Gasteiger partial charge on any atom is -0.497 e. The van der Waals surface area contributed by atoms with Crippen molar-refractivity contribution >= 4 is 12.6 Å². The number of hydrogen-bond donors (Lipinski definition) is 2. The topological polar surface area (TPSA) is 49.7 Å². The van der Waals surface area contributed by atoms with E-state index in [2.05, 4.69) is 0 Å². The predicted octanol–water partition coefficient (Wildman–Crippen LogP) is 0.540. The summed E-state index contributed by atoms with van der Waals surface area (Å²) in [6.45, 7) is 4.00. The molecule has 0 heterocycles. The Hall–Kier alpha value is -1.07. The van der Waals surface area contributed by atoms with Gasteiger partial charge in [-0.1, -0.05) is 19.9 Å². The van der Waals surface area contributed by atoms with Gasteiger partial charge in [-0.25, -0.2) is 4.39 Å². The zero-order valence-electron chi connectivity index (χ0n) is 8.49. The fraction of sp³-hybridized carbons (Fsp3) is 0.333. The first-order valence-electron chi connectivity index (χ1n) is 4.35. The summed E-state index contributed by atoms with van der Waals surface area (Å²) in [6, 6.07) is 4.02. The molecule has 0 aliphatic carbocycles. The van der Waals surface area contributed by atoms with Crippen molar-refractivity contribution in [2.45, 2.75) is 13.8 Å². The second-order valence-corrected chi connectivity index (χ2v) is 2.23. The van der Waals surface area contributed by atoms with Crippen molar-refractivity contribution in [1.82, 2.24) is 0 Å². The Morgan fingerprint density at radius 3 is 2.21 bits per heavy atom. The average Bonchev–Trinajstić information content (AvgIpc) is 2.19. The third kappa shape index (κ3) is 3.01. The van der Waals surface area contributed by atoms with Gasteiger partial charge in [0.15, 0.2) is 0 Å². The molecule has 0 aliphatic rings. The van der Waals surface area contributed by atoms with E-state index in [1.165, 1.54) is 19.2 Å². The van der Waals surface area contributed by atoms with Crippen LogP contribution in [0.4, 0.5) is 4.39 Å². The molecule has 0 amide bonds. The van der Waals surface area contributed by atoms with Crippen LogP contribution in [0.15, 0.2) is 18.2 Å². The van der Waals surface area contributed by atoms with Crippen LogP contribution in [0.2, 0.25) is 0 Å². The van der Waals surface area contributed by atoms with Crippen LogP contribution in [-0.2, 0) is 0 Å². The van der Waals surface area contributed by atoms with Crippen molar-refractivity contribution in [3.05, 3.63) is 24.0 Å². The fourth-order valence-electron chi connectivity index (χ4n) is 0.946. The van der Waals surface area contributed by atoms with Gasteiger partial charge < -0.3 is 14.8 Å². The second-order valence-electron chi connectivity index (χ2n) is 2.23. The minimum atomic E-state index is -1.85. The third-order valence-corrected chi connectivity index (χ3v) is 1.49. The highest BCUT2D eigenvalue weighted by atomic mass is 19.1. The van der Waals surface area contributed by atoms with Crippen molar-refractivity contribution in [1.29, 1.82) is 0 Å². The van der Waals surface area contributed by atoms with Gasteiger partial charge in [-0.05, 0) is 12.1 Å². The Labute approximate surface area is 83.3 Å². The van der Waals surface area contributed by atoms with E-state index >= 15 is 0 Å².